The van der Waals surface area contributed by atoms with Crippen LogP contribution in [0.4, 0.5) is 13.2 Å². The van der Waals surface area contributed by atoms with Gasteiger partial charge in [0.2, 0.25) is 5.82 Å². The van der Waals surface area contributed by atoms with Gasteiger partial charge >= 0.3 is 0 Å². The Hall–Kier alpha value is -2.27. The van der Waals surface area contributed by atoms with Crippen molar-refractivity contribution in [1.29, 1.82) is 0 Å². The predicted molar refractivity (Wildman–Crippen MR) is 114 cm³/mol. The summed E-state index contributed by atoms with van der Waals surface area (Å²) in [6, 6.07) is 5.07. The molecule has 2 aromatic rings. The van der Waals surface area contributed by atoms with Crippen LogP contribution in [-0.4, -0.2) is 12.7 Å². The molecular weight excluding hydrogens is 389 g/mol. The van der Waals surface area contributed by atoms with Crippen molar-refractivity contribution in [3.63, 3.8) is 0 Å². The third kappa shape index (κ3) is 4.72. The normalized spacial score (nSPS) is 14.9. The lowest BCUT2D eigenvalue weighted by atomic mass is 9.95. The third-order valence-corrected chi connectivity index (χ3v) is 5.51. The van der Waals surface area contributed by atoms with Crippen molar-refractivity contribution < 1.29 is 22.6 Å². The summed E-state index contributed by atoms with van der Waals surface area (Å²) in [4.78, 5) is 0. The summed E-state index contributed by atoms with van der Waals surface area (Å²) in [7, 11) is 0. The van der Waals surface area contributed by atoms with Gasteiger partial charge in [-0.1, -0.05) is 57.9 Å². The highest BCUT2D eigenvalue weighted by Crippen LogP contribution is 2.42. The van der Waals surface area contributed by atoms with E-state index in [0.717, 1.165) is 6.42 Å². The Morgan fingerprint density at radius 2 is 1.77 bits per heavy atom. The number of fused-ring (bicyclic) bond motifs is 2. The first kappa shape index (κ1) is 22.4. The van der Waals surface area contributed by atoms with Crippen LogP contribution in [0.15, 0.2) is 24.3 Å². The van der Waals surface area contributed by atoms with Crippen LogP contribution in [-0.2, 0) is 17.6 Å². The Balaban J connectivity index is 1.83. The molecule has 0 aliphatic carbocycles. The van der Waals surface area contributed by atoms with E-state index in [2.05, 4.69) is 13.8 Å². The van der Waals surface area contributed by atoms with E-state index in [9.17, 15) is 8.78 Å². The molecule has 0 amide bonds. The molecule has 0 saturated carbocycles. The molecule has 0 saturated heterocycles. The second kappa shape index (κ2) is 9.69. The maximum atomic E-state index is 15.1. The summed E-state index contributed by atoms with van der Waals surface area (Å²) in [6.07, 6.45) is 5.73. The first-order valence-corrected chi connectivity index (χ1v) is 10.6. The van der Waals surface area contributed by atoms with E-state index in [1.165, 1.54) is 0 Å². The van der Waals surface area contributed by atoms with Gasteiger partial charge in [0.25, 0.3) is 0 Å². The molecule has 0 bridgehead atoms. The summed E-state index contributed by atoms with van der Waals surface area (Å²) in [5, 5.41) is 0. The molecule has 1 heterocycles. The summed E-state index contributed by atoms with van der Waals surface area (Å²) < 4.78 is 55.2. The lowest BCUT2D eigenvalue weighted by molar-refractivity contribution is 0.0713. The van der Waals surface area contributed by atoms with Crippen molar-refractivity contribution >= 4 is 6.08 Å². The van der Waals surface area contributed by atoms with Crippen molar-refractivity contribution in [3.8, 4) is 11.5 Å². The van der Waals surface area contributed by atoms with Gasteiger partial charge in [0.1, 0.15) is 0 Å². The summed E-state index contributed by atoms with van der Waals surface area (Å²) >= 11 is 0. The van der Waals surface area contributed by atoms with Crippen molar-refractivity contribution in [3.05, 3.63) is 64.0 Å². The lowest BCUT2D eigenvalue weighted by Gasteiger charge is -2.23. The van der Waals surface area contributed by atoms with E-state index in [1.54, 1.807) is 30.4 Å². The Bertz CT molecular complexity index is 937. The van der Waals surface area contributed by atoms with E-state index in [-0.39, 0.29) is 17.6 Å². The Kier molecular flexibility index (Phi) is 7.24. The predicted octanol–water partition coefficient (Wildman–Crippen LogP) is 7.22. The fourth-order valence-electron chi connectivity index (χ4n) is 3.44. The molecule has 5 heteroatoms. The fraction of sp³-hybridized carbons (Fsp3) is 0.440. The number of aryl methyl sites for hydroxylation is 1. The van der Waals surface area contributed by atoms with Crippen LogP contribution in [0.2, 0.25) is 0 Å². The quantitative estimate of drug-likeness (QED) is 0.385. The molecule has 0 spiro atoms. The van der Waals surface area contributed by atoms with E-state index in [4.69, 9.17) is 9.47 Å². The van der Waals surface area contributed by atoms with Crippen molar-refractivity contribution in [2.24, 2.45) is 5.92 Å². The Labute approximate surface area is 176 Å². The molecule has 0 fully saturated rings. The number of benzene rings is 2. The van der Waals surface area contributed by atoms with Crippen molar-refractivity contribution in [2.45, 2.75) is 59.5 Å². The van der Waals surface area contributed by atoms with Gasteiger partial charge in [0.15, 0.2) is 23.1 Å². The molecule has 1 aliphatic heterocycles. The van der Waals surface area contributed by atoms with E-state index in [1.807, 2.05) is 13.8 Å². The van der Waals surface area contributed by atoms with Crippen LogP contribution in [0, 0.1) is 23.4 Å². The standard InChI is InChI=1S/C25H29F3O2/c1-5-7-18-12-20-13-19-11-10-17(9-8-16(4)29-14-15(3)6-2)22(27)24(19)30-25(20)23(28)21(18)26/h8-12,15-16H,5-7,13-14H2,1-4H3/b9-8+. The van der Waals surface area contributed by atoms with E-state index in [0.29, 0.717) is 54.0 Å². The minimum Gasteiger partial charge on any atom is -0.450 e. The maximum Gasteiger partial charge on any atom is 0.201 e. The van der Waals surface area contributed by atoms with Gasteiger partial charge in [-0.25, -0.2) is 8.78 Å². The molecule has 3 rings (SSSR count). The van der Waals surface area contributed by atoms with Gasteiger partial charge in [-0.05, 0) is 30.9 Å². The topological polar surface area (TPSA) is 18.5 Å². The monoisotopic (exact) mass is 418 g/mol. The maximum absolute atomic E-state index is 15.1. The molecular formula is C25H29F3O2. The van der Waals surface area contributed by atoms with Gasteiger partial charge in [0.05, 0.1) is 6.10 Å². The molecule has 2 aromatic carbocycles. The largest absolute Gasteiger partial charge is 0.450 e. The molecule has 1 aliphatic rings. The van der Waals surface area contributed by atoms with Crippen molar-refractivity contribution in [1.82, 2.24) is 0 Å². The van der Waals surface area contributed by atoms with Gasteiger partial charge in [-0.15, -0.1) is 0 Å². The van der Waals surface area contributed by atoms with Crippen LogP contribution in [0.1, 0.15) is 62.8 Å². The zero-order valence-electron chi connectivity index (χ0n) is 18.0. The first-order valence-electron chi connectivity index (χ1n) is 10.6. The second-order valence-corrected chi connectivity index (χ2v) is 8.05. The molecule has 0 aromatic heterocycles. The summed E-state index contributed by atoms with van der Waals surface area (Å²) in [6.45, 7) is 8.66. The van der Waals surface area contributed by atoms with Crippen LogP contribution >= 0.6 is 0 Å². The highest BCUT2D eigenvalue weighted by molar-refractivity contribution is 5.59. The zero-order valence-corrected chi connectivity index (χ0v) is 18.0. The van der Waals surface area contributed by atoms with Crippen LogP contribution in [0.25, 0.3) is 6.08 Å². The SMILES string of the molecule is CCCc1cc2c(c(F)c1F)Oc1c(ccc(/C=C/C(C)OCC(C)CC)c1F)C2. The molecule has 0 N–H and O–H groups in total. The van der Waals surface area contributed by atoms with Gasteiger partial charge in [-0.3, -0.25) is 0 Å². The number of halogens is 3. The second-order valence-electron chi connectivity index (χ2n) is 8.05. The minimum absolute atomic E-state index is 0.0423. The average Bonchev–Trinajstić information content (AvgIpc) is 2.74. The molecule has 162 valence electrons. The highest BCUT2D eigenvalue weighted by atomic mass is 19.2. The molecule has 30 heavy (non-hydrogen) atoms. The summed E-state index contributed by atoms with van der Waals surface area (Å²) in [5.74, 6) is -2.34. The zero-order chi connectivity index (χ0) is 21.8. The van der Waals surface area contributed by atoms with Crippen molar-refractivity contribution in [2.75, 3.05) is 6.61 Å². The Morgan fingerprint density at radius 1 is 1.03 bits per heavy atom. The van der Waals surface area contributed by atoms with Crippen LogP contribution < -0.4 is 4.74 Å². The number of hydrogen-bond acceptors (Lipinski definition) is 2. The van der Waals surface area contributed by atoms with Gasteiger partial charge in [0, 0.05) is 29.7 Å². The van der Waals surface area contributed by atoms with E-state index < -0.39 is 17.5 Å². The van der Waals surface area contributed by atoms with Crippen LogP contribution in [0.5, 0.6) is 11.5 Å². The highest BCUT2D eigenvalue weighted by Gasteiger charge is 2.27. The lowest BCUT2D eigenvalue weighted by Crippen LogP contribution is -2.12. The number of ether oxygens (including phenoxy) is 2. The van der Waals surface area contributed by atoms with E-state index >= 15 is 4.39 Å². The average molecular weight is 418 g/mol. The third-order valence-electron chi connectivity index (χ3n) is 5.51. The van der Waals surface area contributed by atoms with Gasteiger partial charge < -0.3 is 9.47 Å². The molecule has 2 unspecified atom stereocenters. The first-order chi connectivity index (χ1) is 14.3. The summed E-state index contributed by atoms with van der Waals surface area (Å²) in [5.41, 5.74) is 1.80. The Morgan fingerprint density at radius 3 is 2.47 bits per heavy atom. The minimum atomic E-state index is -1.05. The molecule has 2 atom stereocenters. The van der Waals surface area contributed by atoms with Gasteiger partial charge in [-0.2, -0.15) is 4.39 Å². The molecule has 2 nitrogen and oxygen atoms in total. The molecule has 0 radical (unpaired) electrons. The number of hydrogen-bond donors (Lipinski definition) is 0. The number of rotatable bonds is 8. The van der Waals surface area contributed by atoms with Crippen LogP contribution in [0.3, 0.4) is 0 Å². The smallest absolute Gasteiger partial charge is 0.201 e. The fourth-order valence-corrected chi connectivity index (χ4v) is 3.44.